The van der Waals surface area contributed by atoms with E-state index in [2.05, 4.69) is 9.97 Å². The fourth-order valence-corrected chi connectivity index (χ4v) is 2.35. The Morgan fingerprint density at radius 3 is 2.85 bits per heavy atom. The third kappa shape index (κ3) is 3.53. The molecule has 1 atom stereocenters. The highest BCUT2D eigenvalue weighted by Crippen LogP contribution is 2.32. The lowest BCUT2D eigenvalue weighted by atomic mass is 10.0. The maximum absolute atomic E-state index is 13.8. The maximum atomic E-state index is 13.8. The molecular formula is C14H12F4N4O4. The minimum Gasteiger partial charge on any atom is -0.471 e. The van der Waals surface area contributed by atoms with Crippen LogP contribution < -0.4 is 9.47 Å². The minimum absolute atomic E-state index is 0.00917. The van der Waals surface area contributed by atoms with Crippen molar-refractivity contribution < 1.29 is 32.0 Å². The molecular weight excluding hydrogens is 364 g/mol. The van der Waals surface area contributed by atoms with Gasteiger partial charge in [0.25, 0.3) is 5.88 Å². The Bertz CT molecular complexity index is 854. The minimum atomic E-state index is -4.71. The molecule has 0 fully saturated rings. The van der Waals surface area contributed by atoms with Gasteiger partial charge in [0.1, 0.15) is 18.4 Å². The summed E-state index contributed by atoms with van der Waals surface area (Å²) in [4.78, 5) is 17.2. The zero-order chi connectivity index (χ0) is 19.1. The van der Waals surface area contributed by atoms with E-state index < -0.39 is 34.0 Å². The zero-order valence-electron chi connectivity index (χ0n) is 13.3. The molecule has 3 heterocycles. The van der Waals surface area contributed by atoms with Crippen LogP contribution in [-0.4, -0.2) is 31.7 Å². The highest BCUT2D eigenvalue weighted by Gasteiger charge is 2.38. The van der Waals surface area contributed by atoms with E-state index in [-0.39, 0.29) is 18.4 Å². The molecule has 26 heavy (non-hydrogen) atoms. The highest BCUT2D eigenvalue weighted by molar-refractivity contribution is 5.24. The van der Waals surface area contributed by atoms with Crippen molar-refractivity contribution in [2.45, 2.75) is 31.7 Å². The normalized spacial score (nSPS) is 19.6. The Kier molecular flexibility index (Phi) is 4.20. The van der Waals surface area contributed by atoms with Crippen LogP contribution in [0.1, 0.15) is 18.9 Å². The Morgan fingerprint density at radius 1 is 1.50 bits per heavy atom. The SMILES string of the molecule is CC1(COc2ncc(C(F)(F)F)cc2F)CCn2cc([N+](=O)[O-])nc2O1. The van der Waals surface area contributed by atoms with Crippen molar-refractivity contribution >= 4 is 5.82 Å². The van der Waals surface area contributed by atoms with E-state index >= 15 is 0 Å². The summed E-state index contributed by atoms with van der Waals surface area (Å²) in [6.07, 6.45) is -2.65. The number of fused-ring (bicyclic) bond motifs is 1. The number of aryl methyl sites for hydroxylation is 1. The van der Waals surface area contributed by atoms with E-state index in [1.165, 1.54) is 10.8 Å². The first-order valence-electron chi connectivity index (χ1n) is 7.33. The largest absolute Gasteiger partial charge is 0.471 e. The van der Waals surface area contributed by atoms with E-state index in [1.54, 1.807) is 6.92 Å². The summed E-state index contributed by atoms with van der Waals surface area (Å²) in [5.74, 6) is -2.22. The van der Waals surface area contributed by atoms with Crippen molar-refractivity contribution in [1.82, 2.24) is 14.5 Å². The molecule has 0 aromatic carbocycles. The molecule has 0 saturated heterocycles. The number of pyridine rings is 1. The molecule has 0 aliphatic carbocycles. The quantitative estimate of drug-likeness (QED) is 0.463. The third-order valence-electron chi connectivity index (χ3n) is 3.78. The molecule has 0 amide bonds. The second-order valence-corrected chi connectivity index (χ2v) is 5.93. The van der Waals surface area contributed by atoms with Gasteiger partial charge in [-0.2, -0.15) is 13.2 Å². The van der Waals surface area contributed by atoms with E-state index in [4.69, 9.17) is 9.47 Å². The van der Waals surface area contributed by atoms with Gasteiger partial charge in [0.05, 0.1) is 5.56 Å². The third-order valence-corrected chi connectivity index (χ3v) is 3.78. The molecule has 0 saturated carbocycles. The number of imidazole rings is 1. The molecule has 0 bridgehead atoms. The molecule has 12 heteroatoms. The van der Waals surface area contributed by atoms with Gasteiger partial charge in [-0.25, -0.2) is 9.37 Å². The van der Waals surface area contributed by atoms with Crippen molar-refractivity contribution in [3.8, 4) is 11.9 Å². The molecule has 2 aromatic heterocycles. The van der Waals surface area contributed by atoms with Gasteiger partial charge in [0, 0.05) is 24.1 Å². The summed E-state index contributed by atoms with van der Waals surface area (Å²) in [5.41, 5.74) is -2.23. The standard InChI is InChI=1S/C14H12F4N4O4/c1-13(2-3-21-6-10(22(23)24)20-12(21)26-13)7-25-11-9(15)4-8(5-19-11)14(16,17)18/h4-6H,2-3,7H2,1H3. The van der Waals surface area contributed by atoms with E-state index in [0.29, 0.717) is 25.2 Å². The lowest BCUT2D eigenvalue weighted by Crippen LogP contribution is -2.43. The molecule has 3 rings (SSSR count). The molecule has 1 aliphatic heterocycles. The molecule has 140 valence electrons. The second-order valence-electron chi connectivity index (χ2n) is 5.93. The Hall–Kier alpha value is -2.92. The van der Waals surface area contributed by atoms with Crippen LogP contribution in [0, 0.1) is 15.9 Å². The number of aromatic nitrogens is 3. The molecule has 2 aromatic rings. The van der Waals surface area contributed by atoms with Gasteiger partial charge < -0.3 is 19.6 Å². The number of alkyl halides is 3. The number of nitrogens with zero attached hydrogens (tertiary/aromatic N) is 4. The fourth-order valence-electron chi connectivity index (χ4n) is 2.35. The smallest absolute Gasteiger partial charge is 0.417 e. The van der Waals surface area contributed by atoms with Crippen LogP contribution in [0.5, 0.6) is 11.9 Å². The summed E-state index contributed by atoms with van der Waals surface area (Å²) in [6.45, 7) is 1.72. The van der Waals surface area contributed by atoms with Crippen LogP contribution in [0.3, 0.4) is 0 Å². The number of hydrogen-bond acceptors (Lipinski definition) is 6. The Labute approximate surface area is 143 Å². The summed E-state index contributed by atoms with van der Waals surface area (Å²) >= 11 is 0. The van der Waals surface area contributed by atoms with Crippen LogP contribution in [0.2, 0.25) is 0 Å². The van der Waals surface area contributed by atoms with Crippen LogP contribution in [0.15, 0.2) is 18.5 Å². The van der Waals surface area contributed by atoms with Crippen molar-refractivity contribution in [1.29, 1.82) is 0 Å². The Balaban J connectivity index is 1.70. The van der Waals surface area contributed by atoms with Gasteiger partial charge in [-0.15, -0.1) is 0 Å². The monoisotopic (exact) mass is 376 g/mol. The number of rotatable bonds is 4. The predicted molar refractivity (Wildman–Crippen MR) is 77.2 cm³/mol. The van der Waals surface area contributed by atoms with E-state index in [1.807, 2.05) is 0 Å². The molecule has 0 spiro atoms. The van der Waals surface area contributed by atoms with Crippen molar-refractivity contribution in [3.63, 3.8) is 0 Å². The highest BCUT2D eigenvalue weighted by atomic mass is 19.4. The Morgan fingerprint density at radius 2 is 2.23 bits per heavy atom. The summed E-state index contributed by atoms with van der Waals surface area (Å²) < 4.78 is 63.5. The molecule has 1 unspecified atom stereocenters. The van der Waals surface area contributed by atoms with Gasteiger partial charge in [0.15, 0.2) is 5.82 Å². The van der Waals surface area contributed by atoms with Crippen molar-refractivity contribution in [2.24, 2.45) is 0 Å². The lowest BCUT2D eigenvalue weighted by molar-refractivity contribution is -0.389. The first kappa shape index (κ1) is 17.9. The molecule has 0 radical (unpaired) electrons. The van der Waals surface area contributed by atoms with Crippen LogP contribution >= 0.6 is 0 Å². The van der Waals surface area contributed by atoms with Crippen LogP contribution in [-0.2, 0) is 12.7 Å². The van der Waals surface area contributed by atoms with Crippen molar-refractivity contribution in [2.75, 3.05) is 6.61 Å². The van der Waals surface area contributed by atoms with Crippen LogP contribution in [0.25, 0.3) is 0 Å². The lowest BCUT2D eigenvalue weighted by Gasteiger charge is -2.32. The summed E-state index contributed by atoms with van der Waals surface area (Å²) in [5, 5.41) is 10.7. The number of nitro groups is 1. The van der Waals surface area contributed by atoms with Gasteiger partial charge in [-0.05, 0) is 17.9 Å². The van der Waals surface area contributed by atoms with Crippen LogP contribution in [0.4, 0.5) is 23.4 Å². The van der Waals surface area contributed by atoms with E-state index in [9.17, 15) is 27.7 Å². The predicted octanol–water partition coefficient (Wildman–Crippen LogP) is 2.96. The fraction of sp³-hybridized carbons (Fsp3) is 0.429. The zero-order valence-corrected chi connectivity index (χ0v) is 13.3. The second kappa shape index (κ2) is 6.11. The molecule has 0 N–H and O–H groups in total. The van der Waals surface area contributed by atoms with Gasteiger partial charge in [-0.3, -0.25) is 4.57 Å². The van der Waals surface area contributed by atoms with Crippen molar-refractivity contribution in [3.05, 3.63) is 40.0 Å². The first-order chi connectivity index (χ1) is 12.1. The summed E-state index contributed by atoms with van der Waals surface area (Å²) in [6, 6.07) is 0.303. The molecule has 1 aliphatic rings. The molecule has 8 nitrogen and oxygen atoms in total. The number of halogens is 4. The number of ether oxygens (including phenoxy) is 2. The van der Waals surface area contributed by atoms with Gasteiger partial charge in [0.2, 0.25) is 0 Å². The summed E-state index contributed by atoms with van der Waals surface area (Å²) in [7, 11) is 0. The van der Waals surface area contributed by atoms with Gasteiger partial charge >= 0.3 is 18.0 Å². The topological polar surface area (TPSA) is 92.3 Å². The van der Waals surface area contributed by atoms with E-state index in [0.717, 1.165) is 0 Å². The number of hydrogen-bond donors (Lipinski definition) is 0. The van der Waals surface area contributed by atoms with Gasteiger partial charge in [-0.1, -0.05) is 0 Å². The average Bonchev–Trinajstić information content (AvgIpc) is 2.96. The first-order valence-corrected chi connectivity index (χ1v) is 7.33. The maximum Gasteiger partial charge on any atom is 0.417 e. The average molecular weight is 376 g/mol.